The largest absolute Gasteiger partial charge is 0.494 e. The smallest absolute Gasteiger partial charge is 0.269 e. The van der Waals surface area contributed by atoms with Crippen molar-refractivity contribution in [2.45, 2.75) is 40.2 Å². The first-order chi connectivity index (χ1) is 13.5. The minimum atomic E-state index is -0.476. The van der Waals surface area contributed by atoms with E-state index in [0.29, 0.717) is 28.6 Å². The summed E-state index contributed by atoms with van der Waals surface area (Å²) in [5.74, 6) is -0.222. The second-order valence-corrected chi connectivity index (χ2v) is 6.46. The van der Waals surface area contributed by atoms with Crippen molar-refractivity contribution < 1.29 is 14.3 Å². The van der Waals surface area contributed by atoms with Crippen LogP contribution >= 0.6 is 11.6 Å². The summed E-state index contributed by atoms with van der Waals surface area (Å²) in [6.07, 6.45) is 4.91. The van der Waals surface area contributed by atoms with E-state index in [1.807, 2.05) is 13.8 Å². The average molecular weight is 405 g/mol. The highest BCUT2D eigenvalue weighted by Gasteiger charge is 2.11. The summed E-state index contributed by atoms with van der Waals surface area (Å²) in [6, 6.07) is 6.63. The van der Waals surface area contributed by atoms with Gasteiger partial charge in [0, 0.05) is 23.7 Å². The van der Waals surface area contributed by atoms with Gasteiger partial charge in [-0.05, 0) is 50.6 Å². The fourth-order valence-corrected chi connectivity index (χ4v) is 2.80. The molecule has 2 N–H and O–H groups in total. The van der Waals surface area contributed by atoms with Crippen LogP contribution in [0.25, 0.3) is 6.08 Å². The molecule has 8 heteroatoms. The second kappa shape index (κ2) is 10.5. The number of nitrogens with zero attached hydrogens (tertiary/aromatic N) is 2. The van der Waals surface area contributed by atoms with E-state index < -0.39 is 11.8 Å². The van der Waals surface area contributed by atoms with Gasteiger partial charge < -0.3 is 4.74 Å². The van der Waals surface area contributed by atoms with Gasteiger partial charge in [-0.3, -0.25) is 25.1 Å². The molecule has 150 valence electrons. The van der Waals surface area contributed by atoms with Crippen LogP contribution in [0.3, 0.4) is 0 Å². The van der Waals surface area contributed by atoms with E-state index in [4.69, 9.17) is 16.3 Å². The number of halogens is 1. The number of unbranched alkanes of at least 4 members (excludes halogenated alkanes) is 1. The number of nitrogens with one attached hydrogen (secondary N) is 2. The number of ether oxygens (including phenoxy) is 1. The number of hydrogen-bond acceptors (Lipinski definition) is 4. The molecule has 2 amide bonds. The third-order valence-electron chi connectivity index (χ3n) is 3.96. The molecule has 0 spiro atoms. The van der Waals surface area contributed by atoms with Gasteiger partial charge >= 0.3 is 0 Å². The van der Waals surface area contributed by atoms with Crippen molar-refractivity contribution in [1.82, 2.24) is 20.6 Å². The molecule has 0 aliphatic rings. The van der Waals surface area contributed by atoms with E-state index in [9.17, 15) is 9.59 Å². The molecule has 0 radical (unpaired) electrons. The van der Waals surface area contributed by atoms with Crippen molar-refractivity contribution in [3.05, 3.63) is 52.3 Å². The molecule has 1 aromatic carbocycles. The van der Waals surface area contributed by atoms with Crippen LogP contribution in [0, 0.1) is 6.92 Å². The number of aromatic nitrogens is 2. The Morgan fingerprint density at radius 3 is 2.57 bits per heavy atom. The quantitative estimate of drug-likeness (QED) is 0.520. The minimum absolute atomic E-state index is 0.406. The fraction of sp³-hybridized carbons (Fsp3) is 0.350. The average Bonchev–Trinajstić information content (AvgIpc) is 2.96. The Hall–Kier alpha value is -2.80. The summed E-state index contributed by atoms with van der Waals surface area (Å²) in [7, 11) is 0. The molecule has 28 heavy (non-hydrogen) atoms. The molecule has 1 aromatic heterocycles. The molecule has 0 aliphatic heterocycles. The molecule has 0 fully saturated rings. The zero-order valence-corrected chi connectivity index (χ0v) is 17.0. The molecule has 0 saturated carbocycles. The first-order valence-corrected chi connectivity index (χ1v) is 9.58. The maximum absolute atomic E-state index is 12.1. The summed E-state index contributed by atoms with van der Waals surface area (Å²) in [6.45, 7) is 7.09. The molecule has 0 saturated heterocycles. The molecular weight excluding hydrogens is 380 g/mol. The monoisotopic (exact) mass is 404 g/mol. The lowest BCUT2D eigenvalue weighted by atomic mass is 10.2. The molecule has 0 bridgehead atoms. The Balaban J connectivity index is 1.91. The van der Waals surface area contributed by atoms with Crippen LogP contribution < -0.4 is 15.6 Å². The van der Waals surface area contributed by atoms with Crippen LogP contribution in [0.2, 0.25) is 5.15 Å². The summed E-state index contributed by atoms with van der Waals surface area (Å²) in [4.78, 5) is 24.1. The van der Waals surface area contributed by atoms with Crippen molar-refractivity contribution in [2.24, 2.45) is 0 Å². The minimum Gasteiger partial charge on any atom is -0.494 e. The Kier molecular flexibility index (Phi) is 8.07. The van der Waals surface area contributed by atoms with E-state index in [0.717, 1.165) is 25.1 Å². The third-order valence-corrected chi connectivity index (χ3v) is 4.36. The molecule has 7 nitrogen and oxygen atoms in total. The number of aryl methyl sites for hydroxylation is 2. The first kappa shape index (κ1) is 21.5. The van der Waals surface area contributed by atoms with Crippen LogP contribution in [0.15, 0.2) is 30.3 Å². The van der Waals surface area contributed by atoms with Crippen molar-refractivity contribution >= 4 is 29.5 Å². The Labute approximate surface area is 169 Å². The number of carbonyl (C=O) groups is 2. The third kappa shape index (κ3) is 5.85. The maximum Gasteiger partial charge on any atom is 0.269 e. The van der Waals surface area contributed by atoms with E-state index in [2.05, 4.69) is 22.9 Å². The predicted octanol–water partition coefficient (Wildman–Crippen LogP) is 3.52. The molecule has 2 rings (SSSR count). The fourth-order valence-electron chi connectivity index (χ4n) is 2.47. The molecule has 0 atom stereocenters. The number of carbonyl (C=O) groups excluding carboxylic acids is 2. The summed E-state index contributed by atoms with van der Waals surface area (Å²) < 4.78 is 7.05. The Bertz CT molecular complexity index is 844. The van der Waals surface area contributed by atoms with Crippen LogP contribution in [-0.4, -0.2) is 28.2 Å². The highest BCUT2D eigenvalue weighted by atomic mass is 35.5. The lowest BCUT2D eigenvalue weighted by molar-refractivity contribution is -0.117. The number of amides is 2. The SMILES string of the molecule is CCCCn1nc(C)c(/C=C/C(=O)NNC(=O)c2ccc(OCC)cc2)c1Cl. The Morgan fingerprint density at radius 1 is 1.21 bits per heavy atom. The van der Waals surface area contributed by atoms with Gasteiger partial charge in [-0.2, -0.15) is 5.10 Å². The summed E-state index contributed by atoms with van der Waals surface area (Å²) >= 11 is 6.33. The van der Waals surface area contributed by atoms with Crippen LogP contribution in [0.1, 0.15) is 48.3 Å². The number of hydrogen-bond donors (Lipinski definition) is 2. The summed E-state index contributed by atoms with van der Waals surface area (Å²) in [5.41, 5.74) is 6.54. The van der Waals surface area contributed by atoms with Gasteiger partial charge in [0.05, 0.1) is 12.3 Å². The Morgan fingerprint density at radius 2 is 1.93 bits per heavy atom. The van der Waals surface area contributed by atoms with Gasteiger partial charge in [0.2, 0.25) is 0 Å². The van der Waals surface area contributed by atoms with Gasteiger partial charge in [0.25, 0.3) is 11.8 Å². The predicted molar refractivity (Wildman–Crippen MR) is 109 cm³/mol. The highest BCUT2D eigenvalue weighted by Crippen LogP contribution is 2.21. The molecule has 2 aromatic rings. The zero-order valence-electron chi connectivity index (χ0n) is 16.3. The van der Waals surface area contributed by atoms with Gasteiger partial charge in [0.1, 0.15) is 10.9 Å². The number of benzene rings is 1. The summed E-state index contributed by atoms with van der Waals surface area (Å²) in [5, 5.41) is 4.88. The van der Waals surface area contributed by atoms with Gasteiger partial charge in [0.15, 0.2) is 0 Å². The standard InChI is InChI=1S/C20H25ClN4O3/c1-4-6-13-25-19(21)17(14(3)24-25)11-12-18(26)22-23-20(27)15-7-9-16(10-8-15)28-5-2/h7-12H,4-6,13H2,1-3H3,(H,22,26)(H,23,27)/b12-11+. The van der Waals surface area contributed by atoms with Crippen LogP contribution in [-0.2, 0) is 11.3 Å². The zero-order chi connectivity index (χ0) is 20.5. The lowest BCUT2D eigenvalue weighted by Gasteiger charge is -2.07. The molecular formula is C20H25ClN4O3. The molecule has 0 aliphatic carbocycles. The number of rotatable bonds is 8. The normalized spacial score (nSPS) is 10.9. The highest BCUT2D eigenvalue weighted by molar-refractivity contribution is 6.31. The lowest BCUT2D eigenvalue weighted by Crippen LogP contribution is -2.40. The first-order valence-electron chi connectivity index (χ1n) is 9.20. The topological polar surface area (TPSA) is 85.3 Å². The van der Waals surface area contributed by atoms with Crippen molar-refractivity contribution in [1.29, 1.82) is 0 Å². The van der Waals surface area contributed by atoms with Gasteiger partial charge in [-0.15, -0.1) is 0 Å². The molecule has 0 unspecified atom stereocenters. The van der Waals surface area contributed by atoms with Crippen molar-refractivity contribution in [3.63, 3.8) is 0 Å². The van der Waals surface area contributed by atoms with Crippen LogP contribution in [0.4, 0.5) is 0 Å². The van der Waals surface area contributed by atoms with Crippen LogP contribution in [0.5, 0.6) is 5.75 Å². The second-order valence-electron chi connectivity index (χ2n) is 6.10. The van der Waals surface area contributed by atoms with E-state index >= 15 is 0 Å². The van der Waals surface area contributed by atoms with Gasteiger partial charge in [-0.25, -0.2) is 0 Å². The molecule has 1 heterocycles. The van der Waals surface area contributed by atoms with Crippen molar-refractivity contribution in [3.8, 4) is 5.75 Å². The van der Waals surface area contributed by atoms with E-state index in [-0.39, 0.29) is 0 Å². The van der Waals surface area contributed by atoms with E-state index in [1.54, 1.807) is 35.0 Å². The maximum atomic E-state index is 12.1. The van der Waals surface area contributed by atoms with E-state index in [1.165, 1.54) is 6.08 Å². The van der Waals surface area contributed by atoms with Gasteiger partial charge in [-0.1, -0.05) is 24.9 Å². The number of hydrazine groups is 1. The van der Waals surface area contributed by atoms with Crippen molar-refractivity contribution in [2.75, 3.05) is 6.61 Å².